The highest BCUT2D eigenvalue weighted by molar-refractivity contribution is 6.16. The average molecular weight is 270 g/mol. The zero-order valence-corrected chi connectivity index (χ0v) is 10.4. The molecule has 1 N–H and O–H groups in total. The number of hydrogen-bond donors (Lipinski definition) is 1. The standard InChI is InChI=1S/C12H12ClNO4/c1-17-8-4-2-7(3-5-8)9-6-14-11(15)10(9)12(16)18-13/h2-5,9-10H,6H2,1H3,(H,14,15). The van der Waals surface area contributed by atoms with Gasteiger partial charge in [-0.3, -0.25) is 4.79 Å². The van der Waals surface area contributed by atoms with E-state index in [1.54, 1.807) is 19.2 Å². The molecule has 1 aliphatic heterocycles. The number of halogens is 1. The number of ether oxygens (including phenoxy) is 1. The molecule has 0 aromatic heterocycles. The summed E-state index contributed by atoms with van der Waals surface area (Å²) < 4.78 is 9.20. The molecule has 1 aromatic carbocycles. The Kier molecular flexibility index (Phi) is 3.72. The van der Waals surface area contributed by atoms with Gasteiger partial charge in [-0.05, 0) is 17.7 Å². The summed E-state index contributed by atoms with van der Waals surface area (Å²) in [4.78, 5) is 23.1. The van der Waals surface area contributed by atoms with Crippen LogP contribution in [0.2, 0.25) is 0 Å². The van der Waals surface area contributed by atoms with E-state index in [1.165, 1.54) is 0 Å². The fourth-order valence-corrected chi connectivity index (χ4v) is 2.20. The molecule has 2 unspecified atom stereocenters. The van der Waals surface area contributed by atoms with Crippen LogP contribution in [0.5, 0.6) is 5.75 Å². The van der Waals surface area contributed by atoms with Crippen LogP contribution in [0.3, 0.4) is 0 Å². The first kappa shape index (κ1) is 12.7. The van der Waals surface area contributed by atoms with Gasteiger partial charge in [-0.25, -0.2) is 4.79 Å². The molecule has 0 bridgehead atoms. The minimum Gasteiger partial charge on any atom is -0.497 e. The molecule has 1 heterocycles. The minimum atomic E-state index is -0.893. The van der Waals surface area contributed by atoms with Gasteiger partial charge in [-0.15, -0.1) is 0 Å². The first-order valence-corrected chi connectivity index (χ1v) is 5.72. The van der Waals surface area contributed by atoms with Crippen molar-refractivity contribution in [3.05, 3.63) is 29.8 Å². The summed E-state index contributed by atoms with van der Waals surface area (Å²) in [6.07, 6.45) is 0. The van der Waals surface area contributed by atoms with Gasteiger partial charge in [-0.2, -0.15) is 0 Å². The molecule has 0 saturated carbocycles. The minimum absolute atomic E-state index is 0.269. The van der Waals surface area contributed by atoms with Gasteiger partial charge in [0.1, 0.15) is 23.5 Å². The van der Waals surface area contributed by atoms with Crippen molar-refractivity contribution in [1.29, 1.82) is 0 Å². The maximum absolute atomic E-state index is 11.6. The SMILES string of the molecule is COc1ccc(C2CNC(=O)C2C(=O)OCl)cc1. The van der Waals surface area contributed by atoms with Crippen molar-refractivity contribution < 1.29 is 18.6 Å². The van der Waals surface area contributed by atoms with E-state index >= 15 is 0 Å². The van der Waals surface area contributed by atoms with E-state index in [-0.39, 0.29) is 11.8 Å². The molecular weight excluding hydrogens is 258 g/mol. The molecule has 1 aliphatic rings. The van der Waals surface area contributed by atoms with Gasteiger partial charge in [0.25, 0.3) is 0 Å². The summed E-state index contributed by atoms with van der Waals surface area (Å²) >= 11 is 5.05. The monoisotopic (exact) mass is 269 g/mol. The Morgan fingerprint density at radius 2 is 2.06 bits per heavy atom. The van der Waals surface area contributed by atoms with Gasteiger partial charge in [0.15, 0.2) is 0 Å². The third-order valence-electron chi connectivity index (χ3n) is 3.05. The number of nitrogens with one attached hydrogen (secondary N) is 1. The number of rotatable bonds is 3. The maximum atomic E-state index is 11.6. The predicted molar refractivity (Wildman–Crippen MR) is 64.2 cm³/mol. The van der Waals surface area contributed by atoms with Gasteiger partial charge in [0, 0.05) is 12.5 Å². The Bertz CT molecular complexity index is 460. The Labute approximate surface area is 109 Å². The zero-order chi connectivity index (χ0) is 13.1. The van der Waals surface area contributed by atoms with Gasteiger partial charge in [0.2, 0.25) is 5.91 Å². The molecule has 0 radical (unpaired) electrons. The van der Waals surface area contributed by atoms with E-state index in [4.69, 9.17) is 16.6 Å². The van der Waals surface area contributed by atoms with E-state index in [2.05, 4.69) is 9.61 Å². The van der Waals surface area contributed by atoms with Crippen molar-refractivity contribution in [3.63, 3.8) is 0 Å². The van der Waals surface area contributed by atoms with Gasteiger partial charge in [0.05, 0.1) is 7.11 Å². The Hall–Kier alpha value is -1.75. The van der Waals surface area contributed by atoms with Crippen LogP contribution < -0.4 is 10.1 Å². The summed E-state index contributed by atoms with van der Waals surface area (Å²) in [5, 5.41) is 2.63. The van der Waals surface area contributed by atoms with E-state index in [1.807, 2.05) is 12.1 Å². The van der Waals surface area contributed by atoms with E-state index in [0.29, 0.717) is 12.3 Å². The van der Waals surface area contributed by atoms with Crippen LogP contribution in [0.25, 0.3) is 0 Å². The Balaban J connectivity index is 2.25. The van der Waals surface area contributed by atoms with Crippen LogP contribution in [-0.2, 0) is 13.9 Å². The summed E-state index contributed by atoms with van der Waals surface area (Å²) in [7, 11) is 1.57. The molecule has 6 heteroatoms. The summed E-state index contributed by atoms with van der Waals surface area (Å²) in [5.41, 5.74) is 0.862. The molecule has 18 heavy (non-hydrogen) atoms. The highest BCUT2D eigenvalue weighted by Gasteiger charge is 2.42. The summed E-state index contributed by atoms with van der Waals surface area (Å²) in [5.74, 6) is -1.54. The van der Waals surface area contributed by atoms with E-state index < -0.39 is 11.9 Å². The molecule has 96 valence electrons. The number of carbonyl (C=O) groups excluding carboxylic acids is 2. The second-order valence-corrected chi connectivity index (χ2v) is 4.15. The predicted octanol–water partition coefficient (Wildman–Crippen LogP) is 1.22. The molecule has 2 rings (SSSR count). The first-order chi connectivity index (χ1) is 8.67. The largest absolute Gasteiger partial charge is 0.497 e. The smallest absolute Gasteiger partial charge is 0.337 e. The number of benzene rings is 1. The van der Waals surface area contributed by atoms with Crippen LogP contribution in [0.4, 0.5) is 0 Å². The van der Waals surface area contributed by atoms with E-state index in [9.17, 15) is 9.59 Å². The Morgan fingerprint density at radius 3 is 2.61 bits per heavy atom. The normalized spacial score (nSPS) is 22.4. The lowest BCUT2D eigenvalue weighted by Gasteiger charge is -2.14. The van der Waals surface area contributed by atoms with Crippen molar-refractivity contribution in [2.45, 2.75) is 5.92 Å². The molecular formula is C12H12ClNO4. The average Bonchev–Trinajstić information content (AvgIpc) is 2.80. The molecule has 5 nitrogen and oxygen atoms in total. The molecule has 2 atom stereocenters. The van der Waals surface area contributed by atoms with Gasteiger partial charge >= 0.3 is 5.97 Å². The lowest BCUT2D eigenvalue weighted by molar-refractivity contribution is -0.143. The van der Waals surface area contributed by atoms with Crippen LogP contribution in [0.15, 0.2) is 24.3 Å². The number of methoxy groups -OCH3 is 1. The van der Waals surface area contributed by atoms with Gasteiger partial charge < -0.3 is 14.3 Å². The molecule has 1 saturated heterocycles. The molecule has 0 aliphatic carbocycles. The highest BCUT2D eigenvalue weighted by Crippen LogP contribution is 2.31. The molecule has 1 aromatic rings. The fraction of sp³-hybridized carbons (Fsp3) is 0.333. The van der Waals surface area contributed by atoms with Crippen LogP contribution in [-0.4, -0.2) is 25.5 Å². The molecule has 0 spiro atoms. The van der Waals surface area contributed by atoms with E-state index in [0.717, 1.165) is 5.56 Å². The summed E-state index contributed by atoms with van der Waals surface area (Å²) in [6, 6.07) is 7.19. The van der Waals surface area contributed by atoms with Crippen molar-refractivity contribution in [2.75, 3.05) is 13.7 Å². The first-order valence-electron chi connectivity index (χ1n) is 5.41. The highest BCUT2D eigenvalue weighted by atomic mass is 35.5. The number of hydrogen-bond acceptors (Lipinski definition) is 4. The lowest BCUT2D eigenvalue weighted by atomic mass is 9.88. The number of amides is 1. The third kappa shape index (κ3) is 2.26. The third-order valence-corrected chi connectivity index (χ3v) is 3.21. The van der Waals surface area contributed by atoms with Crippen molar-refractivity contribution in [3.8, 4) is 5.75 Å². The zero-order valence-electron chi connectivity index (χ0n) is 9.68. The maximum Gasteiger partial charge on any atom is 0.337 e. The topological polar surface area (TPSA) is 64.6 Å². The quantitative estimate of drug-likeness (QED) is 0.838. The molecule has 1 fully saturated rings. The van der Waals surface area contributed by atoms with Crippen molar-refractivity contribution in [1.82, 2.24) is 5.32 Å². The lowest BCUT2D eigenvalue weighted by Crippen LogP contribution is -2.27. The van der Waals surface area contributed by atoms with Gasteiger partial charge in [-0.1, -0.05) is 12.1 Å². The number of carbonyl (C=O) groups is 2. The second kappa shape index (κ2) is 5.27. The van der Waals surface area contributed by atoms with Crippen molar-refractivity contribution >= 4 is 23.7 Å². The molecule has 1 amide bonds. The van der Waals surface area contributed by atoms with Crippen molar-refractivity contribution in [2.24, 2.45) is 5.92 Å². The van der Waals surface area contributed by atoms with Crippen LogP contribution in [0, 0.1) is 5.92 Å². The Morgan fingerprint density at radius 1 is 1.39 bits per heavy atom. The second-order valence-electron chi connectivity index (χ2n) is 4.00. The van der Waals surface area contributed by atoms with Crippen LogP contribution >= 0.6 is 11.9 Å². The van der Waals surface area contributed by atoms with Crippen LogP contribution in [0.1, 0.15) is 11.5 Å². The fourth-order valence-electron chi connectivity index (χ4n) is 2.10. The summed E-state index contributed by atoms with van der Waals surface area (Å²) in [6.45, 7) is 0.391.